The summed E-state index contributed by atoms with van der Waals surface area (Å²) < 4.78 is 27.3. The molecule has 0 heterocycles. The van der Waals surface area contributed by atoms with Gasteiger partial charge in [-0.1, -0.05) is 29.3 Å². The molecule has 2 aromatic rings. The van der Waals surface area contributed by atoms with Crippen LogP contribution in [0.15, 0.2) is 47.4 Å². The van der Waals surface area contributed by atoms with E-state index in [1.165, 1.54) is 30.3 Å². The number of hydrogen-bond acceptors (Lipinski definition) is 3. The van der Waals surface area contributed by atoms with Crippen LogP contribution in [0.2, 0.25) is 5.02 Å². The summed E-state index contributed by atoms with van der Waals surface area (Å²) in [4.78, 5) is 12.3. The second-order valence-electron chi connectivity index (χ2n) is 5.86. The normalized spacial score (nSPS) is 14.2. The van der Waals surface area contributed by atoms with Crippen molar-refractivity contribution >= 4 is 33.2 Å². The molecule has 1 aliphatic rings. The Morgan fingerprint density at radius 1 is 1.12 bits per heavy atom. The van der Waals surface area contributed by atoms with Crippen molar-refractivity contribution in [2.24, 2.45) is 0 Å². The molecule has 0 unspecified atom stereocenters. The third-order valence-electron chi connectivity index (χ3n) is 3.71. The van der Waals surface area contributed by atoms with E-state index in [0.29, 0.717) is 5.69 Å². The lowest BCUT2D eigenvalue weighted by Gasteiger charge is -2.11. The Kier molecular flexibility index (Phi) is 4.51. The summed E-state index contributed by atoms with van der Waals surface area (Å²) >= 11 is 6.06. The van der Waals surface area contributed by atoms with Crippen LogP contribution in [0.5, 0.6) is 0 Å². The second kappa shape index (κ2) is 6.45. The van der Waals surface area contributed by atoms with Gasteiger partial charge in [0.05, 0.1) is 15.5 Å². The Bertz CT molecular complexity index is 875. The first-order valence-electron chi connectivity index (χ1n) is 7.55. The molecule has 1 amide bonds. The minimum Gasteiger partial charge on any atom is -0.349 e. The van der Waals surface area contributed by atoms with Crippen LogP contribution in [0.3, 0.4) is 0 Å². The number of aryl methyl sites for hydroxylation is 1. The molecule has 3 rings (SSSR count). The van der Waals surface area contributed by atoms with Crippen molar-refractivity contribution in [2.75, 3.05) is 4.72 Å². The fourth-order valence-electron chi connectivity index (χ4n) is 2.19. The lowest BCUT2D eigenvalue weighted by atomic mass is 10.2. The molecule has 0 aliphatic heterocycles. The van der Waals surface area contributed by atoms with E-state index in [4.69, 9.17) is 11.6 Å². The minimum atomic E-state index is -3.72. The Morgan fingerprint density at radius 2 is 1.79 bits per heavy atom. The Hall–Kier alpha value is -2.05. The van der Waals surface area contributed by atoms with E-state index in [2.05, 4.69) is 10.0 Å². The zero-order chi connectivity index (χ0) is 17.3. The molecule has 7 heteroatoms. The summed E-state index contributed by atoms with van der Waals surface area (Å²) in [6.45, 7) is 1.88. The summed E-state index contributed by atoms with van der Waals surface area (Å²) in [5, 5.41) is 3.12. The summed E-state index contributed by atoms with van der Waals surface area (Å²) in [6.07, 6.45) is 1.92. The molecule has 0 spiro atoms. The van der Waals surface area contributed by atoms with Crippen LogP contribution in [-0.4, -0.2) is 20.4 Å². The maximum atomic E-state index is 12.4. The van der Waals surface area contributed by atoms with Gasteiger partial charge in [-0.3, -0.25) is 9.52 Å². The number of sulfonamides is 1. The monoisotopic (exact) mass is 364 g/mol. The standard InChI is InChI=1S/C17H17ClN2O3S/c1-11-2-7-14(8-3-11)24(22,23)20-13-6-9-16(18)15(10-13)17(21)19-12-4-5-12/h2-3,6-10,12,20H,4-5H2,1H3,(H,19,21). The van der Waals surface area contributed by atoms with Crippen molar-refractivity contribution < 1.29 is 13.2 Å². The number of rotatable bonds is 5. The zero-order valence-corrected chi connectivity index (χ0v) is 14.6. The number of nitrogens with one attached hydrogen (secondary N) is 2. The molecule has 0 radical (unpaired) electrons. The predicted octanol–water partition coefficient (Wildman–Crippen LogP) is 3.34. The Morgan fingerprint density at radius 3 is 2.42 bits per heavy atom. The third-order valence-corrected chi connectivity index (χ3v) is 5.43. The van der Waals surface area contributed by atoms with E-state index in [1.54, 1.807) is 12.1 Å². The number of carbonyl (C=O) groups excluding carboxylic acids is 1. The van der Waals surface area contributed by atoms with E-state index in [1.807, 2.05) is 6.92 Å². The highest BCUT2D eigenvalue weighted by atomic mass is 35.5. The fourth-order valence-corrected chi connectivity index (χ4v) is 3.44. The van der Waals surface area contributed by atoms with Crippen LogP contribution in [0.25, 0.3) is 0 Å². The van der Waals surface area contributed by atoms with Gasteiger partial charge in [0.15, 0.2) is 0 Å². The van der Waals surface area contributed by atoms with Gasteiger partial charge in [0.1, 0.15) is 0 Å². The molecular weight excluding hydrogens is 348 g/mol. The van der Waals surface area contributed by atoms with Crippen molar-refractivity contribution in [3.63, 3.8) is 0 Å². The molecule has 0 saturated heterocycles. The average molecular weight is 365 g/mol. The van der Waals surface area contributed by atoms with E-state index in [0.717, 1.165) is 18.4 Å². The Labute approximate surface area is 146 Å². The summed E-state index contributed by atoms with van der Waals surface area (Å²) in [5.41, 5.74) is 1.52. The largest absolute Gasteiger partial charge is 0.349 e. The number of anilines is 1. The van der Waals surface area contributed by atoms with E-state index in [-0.39, 0.29) is 27.4 Å². The van der Waals surface area contributed by atoms with Gasteiger partial charge < -0.3 is 5.32 Å². The molecule has 1 aliphatic carbocycles. The highest BCUT2D eigenvalue weighted by Gasteiger charge is 2.25. The van der Waals surface area contributed by atoms with Gasteiger partial charge in [0.25, 0.3) is 15.9 Å². The van der Waals surface area contributed by atoms with Crippen LogP contribution >= 0.6 is 11.6 Å². The minimum absolute atomic E-state index is 0.159. The van der Waals surface area contributed by atoms with Crippen molar-refractivity contribution in [3.8, 4) is 0 Å². The van der Waals surface area contributed by atoms with Crippen LogP contribution in [0.1, 0.15) is 28.8 Å². The second-order valence-corrected chi connectivity index (χ2v) is 7.95. The Balaban J connectivity index is 1.84. The number of amides is 1. The summed E-state index contributed by atoms with van der Waals surface area (Å²) in [7, 11) is -3.72. The highest BCUT2D eigenvalue weighted by Crippen LogP contribution is 2.25. The lowest BCUT2D eigenvalue weighted by Crippen LogP contribution is -2.25. The zero-order valence-electron chi connectivity index (χ0n) is 13.0. The van der Waals surface area contributed by atoms with Crippen molar-refractivity contribution in [1.29, 1.82) is 0 Å². The molecule has 0 atom stereocenters. The molecule has 126 valence electrons. The van der Waals surface area contributed by atoms with Crippen LogP contribution < -0.4 is 10.0 Å². The summed E-state index contributed by atoms with van der Waals surface area (Å²) in [6, 6.07) is 11.2. The number of halogens is 1. The third kappa shape index (κ3) is 3.88. The molecule has 2 N–H and O–H groups in total. The van der Waals surface area contributed by atoms with Gasteiger partial charge in [0.2, 0.25) is 0 Å². The topological polar surface area (TPSA) is 75.3 Å². The van der Waals surface area contributed by atoms with E-state index >= 15 is 0 Å². The molecule has 0 bridgehead atoms. The summed E-state index contributed by atoms with van der Waals surface area (Å²) in [5.74, 6) is -0.293. The smallest absolute Gasteiger partial charge is 0.261 e. The van der Waals surface area contributed by atoms with Gasteiger partial charge in [-0.15, -0.1) is 0 Å². The van der Waals surface area contributed by atoms with Crippen molar-refractivity contribution in [1.82, 2.24) is 5.32 Å². The predicted molar refractivity (Wildman–Crippen MR) is 93.9 cm³/mol. The fraction of sp³-hybridized carbons (Fsp3) is 0.235. The van der Waals surface area contributed by atoms with Gasteiger partial charge in [-0.25, -0.2) is 8.42 Å². The number of hydrogen-bond donors (Lipinski definition) is 2. The first kappa shape index (κ1) is 16.8. The first-order valence-corrected chi connectivity index (χ1v) is 9.41. The number of benzene rings is 2. The molecule has 5 nitrogen and oxygen atoms in total. The van der Waals surface area contributed by atoms with Crippen molar-refractivity contribution in [3.05, 3.63) is 58.6 Å². The van der Waals surface area contributed by atoms with Gasteiger partial charge in [-0.2, -0.15) is 0 Å². The maximum absolute atomic E-state index is 12.4. The lowest BCUT2D eigenvalue weighted by molar-refractivity contribution is 0.0951. The maximum Gasteiger partial charge on any atom is 0.261 e. The molecule has 24 heavy (non-hydrogen) atoms. The number of carbonyl (C=O) groups is 1. The molecule has 2 aromatic carbocycles. The van der Waals surface area contributed by atoms with Gasteiger partial charge in [0, 0.05) is 11.7 Å². The molecular formula is C17H17ClN2O3S. The first-order chi connectivity index (χ1) is 11.3. The van der Waals surface area contributed by atoms with E-state index in [9.17, 15) is 13.2 Å². The van der Waals surface area contributed by atoms with Crippen LogP contribution in [-0.2, 0) is 10.0 Å². The quantitative estimate of drug-likeness (QED) is 0.854. The van der Waals surface area contributed by atoms with Crippen molar-refractivity contribution in [2.45, 2.75) is 30.7 Å². The molecule has 0 aromatic heterocycles. The average Bonchev–Trinajstić information content (AvgIpc) is 3.33. The molecule has 1 fully saturated rings. The van der Waals surface area contributed by atoms with Crippen LogP contribution in [0.4, 0.5) is 5.69 Å². The van der Waals surface area contributed by atoms with Gasteiger partial charge >= 0.3 is 0 Å². The highest BCUT2D eigenvalue weighted by molar-refractivity contribution is 7.92. The van der Waals surface area contributed by atoms with E-state index < -0.39 is 10.0 Å². The molecule has 1 saturated carbocycles. The SMILES string of the molecule is Cc1ccc(S(=O)(=O)Nc2ccc(Cl)c(C(=O)NC3CC3)c2)cc1. The van der Waals surface area contributed by atoms with Crippen LogP contribution in [0, 0.1) is 6.92 Å². The van der Waals surface area contributed by atoms with Gasteiger partial charge in [-0.05, 0) is 50.1 Å².